The molecule has 21 heavy (non-hydrogen) atoms. The maximum Gasteiger partial charge on any atom is 0.263 e. The van der Waals surface area contributed by atoms with Gasteiger partial charge < -0.3 is 4.90 Å². The van der Waals surface area contributed by atoms with E-state index in [1.54, 1.807) is 26.1 Å². The van der Waals surface area contributed by atoms with Gasteiger partial charge in [-0.25, -0.2) is 8.42 Å². The van der Waals surface area contributed by atoms with Crippen molar-refractivity contribution in [1.29, 1.82) is 0 Å². The zero-order chi connectivity index (χ0) is 15.2. The van der Waals surface area contributed by atoms with E-state index in [0.717, 1.165) is 11.4 Å². The van der Waals surface area contributed by atoms with Gasteiger partial charge in [-0.1, -0.05) is 0 Å². The van der Waals surface area contributed by atoms with E-state index in [4.69, 9.17) is 0 Å². The monoisotopic (exact) mass is 306 g/mol. The van der Waals surface area contributed by atoms with Crippen LogP contribution in [0.3, 0.4) is 0 Å². The first-order chi connectivity index (χ1) is 9.87. The van der Waals surface area contributed by atoms with Crippen molar-refractivity contribution in [3.05, 3.63) is 35.5 Å². The summed E-state index contributed by atoms with van der Waals surface area (Å²) < 4.78 is 27.0. The molecule has 2 heterocycles. The minimum Gasteiger partial charge on any atom is -0.315 e. The Hall–Kier alpha value is -2.35. The van der Waals surface area contributed by atoms with Crippen LogP contribution in [0.5, 0.6) is 0 Å². The number of benzene rings is 1. The van der Waals surface area contributed by atoms with Gasteiger partial charge in [0.2, 0.25) is 5.91 Å². The number of aromatic amines is 1. The fraction of sp³-hybridized carbons (Fsp3) is 0.231. The third kappa shape index (κ3) is 2.38. The van der Waals surface area contributed by atoms with Crippen molar-refractivity contribution in [2.24, 2.45) is 0 Å². The summed E-state index contributed by atoms with van der Waals surface area (Å²) in [4.78, 5) is 13.3. The molecule has 2 N–H and O–H groups in total. The summed E-state index contributed by atoms with van der Waals surface area (Å²) in [5.41, 5.74) is 2.21. The molecule has 0 atom stereocenters. The Labute approximate surface area is 122 Å². The first kappa shape index (κ1) is 13.6. The molecule has 1 amide bonds. The van der Waals surface area contributed by atoms with Gasteiger partial charge in [0.15, 0.2) is 5.82 Å². The minimum atomic E-state index is -3.72. The highest BCUT2D eigenvalue weighted by Crippen LogP contribution is 2.30. The molecule has 110 valence electrons. The summed E-state index contributed by atoms with van der Waals surface area (Å²) in [5, 5.41) is 6.51. The van der Waals surface area contributed by atoms with Gasteiger partial charge >= 0.3 is 0 Å². The number of rotatable bonds is 3. The molecule has 0 bridgehead atoms. The number of nitrogens with one attached hydrogen (secondary N) is 2. The second-order valence-corrected chi connectivity index (χ2v) is 6.64. The summed E-state index contributed by atoms with van der Waals surface area (Å²) in [7, 11) is -2.05. The number of aryl methyl sites for hydroxylation is 1. The van der Waals surface area contributed by atoms with Crippen LogP contribution >= 0.6 is 0 Å². The SMILES string of the molecule is Cc1cc(NS(=O)(=O)c2ccc3c(c2)CC(=O)N3C)n[nH]1. The second-order valence-electron chi connectivity index (χ2n) is 4.96. The zero-order valence-corrected chi connectivity index (χ0v) is 12.4. The molecule has 1 aromatic carbocycles. The number of H-pyrrole nitrogens is 1. The van der Waals surface area contributed by atoms with Crippen molar-refractivity contribution < 1.29 is 13.2 Å². The maximum atomic E-state index is 12.3. The van der Waals surface area contributed by atoms with Crippen LogP contribution in [-0.4, -0.2) is 31.6 Å². The molecule has 0 saturated carbocycles. The summed E-state index contributed by atoms with van der Waals surface area (Å²) in [5.74, 6) is 0.191. The summed E-state index contributed by atoms with van der Waals surface area (Å²) in [6.07, 6.45) is 0.219. The Morgan fingerprint density at radius 2 is 2.10 bits per heavy atom. The summed E-state index contributed by atoms with van der Waals surface area (Å²) >= 11 is 0. The van der Waals surface area contributed by atoms with E-state index in [1.807, 2.05) is 0 Å². The standard InChI is InChI=1S/C13H14N4O3S/c1-8-5-12(15-14-8)16-21(19,20)10-3-4-11-9(6-10)7-13(18)17(11)2/h3-6H,7H2,1-2H3,(H2,14,15,16). The van der Waals surface area contributed by atoms with Crippen molar-refractivity contribution in [2.75, 3.05) is 16.7 Å². The van der Waals surface area contributed by atoms with Crippen molar-refractivity contribution in [2.45, 2.75) is 18.2 Å². The third-order valence-corrected chi connectivity index (χ3v) is 4.74. The van der Waals surface area contributed by atoms with Crippen molar-refractivity contribution in [1.82, 2.24) is 10.2 Å². The van der Waals surface area contributed by atoms with Gasteiger partial charge in [-0.3, -0.25) is 14.6 Å². The van der Waals surface area contributed by atoms with Crippen LogP contribution in [0, 0.1) is 6.92 Å². The van der Waals surface area contributed by atoms with Gasteiger partial charge in [0, 0.05) is 24.5 Å². The lowest BCUT2D eigenvalue weighted by atomic mass is 10.2. The van der Waals surface area contributed by atoms with E-state index in [-0.39, 0.29) is 23.0 Å². The van der Waals surface area contributed by atoms with Crippen molar-refractivity contribution in [3.8, 4) is 0 Å². The number of nitrogens with zero attached hydrogens (tertiary/aromatic N) is 2. The Balaban J connectivity index is 1.94. The molecule has 0 fully saturated rings. The third-order valence-electron chi connectivity index (χ3n) is 3.38. The van der Waals surface area contributed by atoms with Gasteiger partial charge in [-0.05, 0) is 30.7 Å². The van der Waals surface area contributed by atoms with Crippen LogP contribution in [-0.2, 0) is 21.2 Å². The predicted octanol–water partition coefficient (Wildman–Crippen LogP) is 1.04. The molecule has 0 unspecified atom stereocenters. The molecule has 7 nitrogen and oxygen atoms in total. The Morgan fingerprint density at radius 3 is 2.76 bits per heavy atom. The number of likely N-dealkylation sites (N-methyl/N-ethyl adjacent to an activating group) is 1. The van der Waals surface area contributed by atoms with Crippen molar-refractivity contribution >= 4 is 27.4 Å². The molecule has 1 aliphatic rings. The lowest BCUT2D eigenvalue weighted by Crippen LogP contribution is -2.20. The largest absolute Gasteiger partial charge is 0.315 e. The van der Waals surface area contributed by atoms with E-state index in [2.05, 4.69) is 14.9 Å². The van der Waals surface area contributed by atoms with E-state index < -0.39 is 10.0 Å². The number of hydrogen-bond donors (Lipinski definition) is 2. The van der Waals surface area contributed by atoms with E-state index >= 15 is 0 Å². The van der Waals surface area contributed by atoms with Gasteiger partial charge in [0.1, 0.15) is 0 Å². The van der Waals surface area contributed by atoms with E-state index in [9.17, 15) is 13.2 Å². The molecular formula is C13H14N4O3S. The number of amides is 1. The molecular weight excluding hydrogens is 292 g/mol. The summed E-state index contributed by atoms with van der Waals surface area (Å²) in [6, 6.07) is 6.25. The molecule has 8 heteroatoms. The van der Waals surface area contributed by atoms with Gasteiger partial charge in [-0.15, -0.1) is 0 Å². The molecule has 1 aromatic heterocycles. The fourth-order valence-electron chi connectivity index (χ4n) is 2.28. The van der Waals surface area contributed by atoms with Crippen LogP contribution in [0.1, 0.15) is 11.3 Å². The second kappa shape index (κ2) is 4.59. The predicted molar refractivity (Wildman–Crippen MR) is 77.7 cm³/mol. The molecule has 0 saturated heterocycles. The normalized spacial score (nSPS) is 14.4. The minimum absolute atomic E-state index is 0.0459. The molecule has 0 spiro atoms. The smallest absolute Gasteiger partial charge is 0.263 e. The van der Waals surface area contributed by atoms with Gasteiger partial charge in [0.25, 0.3) is 10.0 Å². The number of sulfonamides is 1. The molecule has 2 aromatic rings. The Morgan fingerprint density at radius 1 is 1.33 bits per heavy atom. The highest BCUT2D eigenvalue weighted by molar-refractivity contribution is 7.92. The van der Waals surface area contributed by atoms with Crippen molar-refractivity contribution in [3.63, 3.8) is 0 Å². The quantitative estimate of drug-likeness (QED) is 0.885. The van der Waals surface area contributed by atoms with Crippen LogP contribution in [0.2, 0.25) is 0 Å². The number of fused-ring (bicyclic) bond motifs is 1. The van der Waals surface area contributed by atoms with Crippen LogP contribution < -0.4 is 9.62 Å². The number of hydrogen-bond acceptors (Lipinski definition) is 4. The average Bonchev–Trinajstić information content (AvgIpc) is 2.93. The lowest BCUT2D eigenvalue weighted by Gasteiger charge is -2.11. The molecule has 0 aliphatic carbocycles. The van der Waals surface area contributed by atoms with Crippen LogP contribution in [0.15, 0.2) is 29.2 Å². The number of aromatic nitrogens is 2. The maximum absolute atomic E-state index is 12.3. The van der Waals surface area contributed by atoms with Crippen LogP contribution in [0.4, 0.5) is 11.5 Å². The zero-order valence-electron chi connectivity index (χ0n) is 11.5. The highest BCUT2D eigenvalue weighted by atomic mass is 32.2. The molecule has 0 radical (unpaired) electrons. The van der Waals surface area contributed by atoms with Crippen LogP contribution in [0.25, 0.3) is 0 Å². The Bertz CT molecular complexity index is 826. The van der Waals surface area contributed by atoms with E-state index in [0.29, 0.717) is 5.56 Å². The molecule has 3 rings (SSSR count). The summed E-state index contributed by atoms with van der Waals surface area (Å²) in [6.45, 7) is 1.78. The average molecular weight is 306 g/mol. The first-order valence-electron chi connectivity index (χ1n) is 6.31. The fourth-order valence-corrected chi connectivity index (χ4v) is 3.32. The number of carbonyl (C=O) groups is 1. The molecule has 1 aliphatic heterocycles. The highest BCUT2D eigenvalue weighted by Gasteiger charge is 2.26. The number of anilines is 2. The number of carbonyl (C=O) groups excluding carboxylic acids is 1. The lowest BCUT2D eigenvalue weighted by molar-refractivity contribution is -0.117. The topological polar surface area (TPSA) is 95.2 Å². The van der Waals surface area contributed by atoms with Gasteiger partial charge in [0.05, 0.1) is 11.3 Å². The first-order valence-corrected chi connectivity index (χ1v) is 7.79. The van der Waals surface area contributed by atoms with E-state index in [1.165, 1.54) is 17.0 Å². The van der Waals surface area contributed by atoms with Gasteiger partial charge in [-0.2, -0.15) is 5.10 Å². The Kier molecular flexibility index (Phi) is 2.98.